The molecule has 2 heterocycles. The molecule has 4 nitrogen and oxygen atoms in total. The van der Waals surface area contributed by atoms with Crippen LogP contribution in [0.1, 0.15) is 5.56 Å². The van der Waals surface area contributed by atoms with Crippen molar-refractivity contribution < 1.29 is 4.79 Å². The van der Waals surface area contributed by atoms with Crippen molar-refractivity contribution in [2.24, 2.45) is 5.92 Å². The van der Waals surface area contributed by atoms with Crippen molar-refractivity contribution in [1.29, 1.82) is 0 Å². The first kappa shape index (κ1) is 10.4. The fourth-order valence-electron chi connectivity index (χ4n) is 1.37. The van der Waals surface area contributed by atoms with Crippen LogP contribution < -0.4 is 10.6 Å². The van der Waals surface area contributed by atoms with E-state index in [9.17, 15) is 4.79 Å². The number of amides is 1. The Bertz CT molecular complexity index is 370. The van der Waals surface area contributed by atoms with Crippen LogP contribution in [0.2, 0.25) is 5.15 Å². The number of carbonyl (C=O) groups is 1. The molecule has 80 valence electrons. The van der Waals surface area contributed by atoms with Gasteiger partial charge in [-0.15, -0.1) is 0 Å². The number of anilines is 1. The number of carbonyl (C=O) groups excluding carboxylic acids is 1. The summed E-state index contributed by atoms with van der Waals surface area (Å²) in [6, 6.07) is 1.82. The van der Waals surface area contributed by atoms with Crippen LogP contribution in [0, 0.1) is 12.8 Å². The second-order valence-electron chi connectivity index (χ2n) is 3.64. The van der Waals surface area contributed by atoms with Gasteiger partial charge < -0.3 is 10.6 Å². The maximum Gasteiger partial charge on any atom is 0.230 e. The monoisotopic (exact) mass is 225 g/mol. The third-order valence-corrected chi connectivity index (χ3v) is 2.80. The molecule has 0 spiro atoms. The lowest BCUT2D eigenvalue weighted by Crippen LogP contribution is -2.48. The first-order chi connectivity index (χ1) is 7.18. The van der Waals surface area contributed by atoms with E-state index < -0.39 is 0 Å². The molecule has 0 atom stereocenters. The minimum atomic E-state index is 0.00625. The van der Waals surface area contributed by atoms with Crippen LogP contribution in [0.4, 0.5) is 5.69 Å². The molecular formula is C10H12ClN3O. The molecule has 2 N–H and O–H groups in total. The molecule has 5 heteroatoms. The first-order valence-corrected chi connectivity index (χ1v) is 5.19. The van der Waals surface area contributed by atoms with Crippen molar-refractivity contribution in [3.05, 3.63) is 23.0 Å². The van der Waals surface area contributed by atoms with Crippen molar-refractivity contribution in [3.8, 4) is 0 Å². The Balaban J connectivity index is 2.12. The summed E-state index contributed by atoms with van der Waals surface area (Å²) in [4.78, 5) is 15.6. The molecule has 0 saturated carbocycles. The van der Waals surface area contributed by atoms with Gasteiger partial charge in [-0.3, -0.25) is 4.79 Å². The van der Waals surface area contributed by atoms with E-state index in [-0.39, 0.29) is 11.8 Å². The van der Waals surface area contributed by atoms with Gasteiger partial charge in [-0.25, -0.2) is 4.98 Å². The standard InChI is InChI=1S/C10H12ClN3O/c1-6-2-3-13-9(11)8(6)14-10(15)7-4-12-5-7/h2-3,7,12H,4-5H2,1H3,(H,14,15). The fraction of sp³-hybridized carbons (Fsp3) is 0.400. The third kappa shape index (κ3) is 2.11. The molecule has 0 radical (unpaired) electrons. The molecule has 15 heavy (non-hydrogen) atoms. The van der Waals surface area contributed by atoms with E-state index in [1.54, 1.807) is 6.20 Å². The van der Waals surface area contributed by atoms with Gasteiger partial charge >= 0.3 is 0 Å². The molecule has 1 aliphatic heterocycles. The normalized spacial score (nSPS) is 15.9. The number of pyridine rings is 1. The average Bonchev–Trinajstić information content (AvgIpc) is 2.08. The van der Waals surface area contributed by atoms with Crippen molar-refractivity contribution >= 4 is 23.2 Å². The lowest BCUT2D eigenvalue weighted by atomic mass is 10.0. The molecule has 1 aromatic heterocycles. The number of halogens is 1. The highest BCUT2D eigenvalue weighted by molar-refractivity contribution is 6.32. The summed E-state index contributed by atoms with van der Waals surface area (Å²) in [5, 5.41) is 6.20. The predicted octanol–water partition coefficient (Wildman–Crippen LogP) is 1.20. The zero-order valence-electron chi connectivity index (χ0n) is 8.38. The van der Waals surface area contributed by atoms with E-state index in [4.69, 9.17) is 11.6 Å². The van der Waals surface area contributed by atoms with E-state index in [1.807, 2.05) is 13.0 Å². The number of nitrogens with one attached hydrogen (secondary N) is 2. The van der Waals surface area contributed by atoms with E-state index in [0.717, 1.165) is 18.7 Å². The minimum absolute atomic E-state index is 0.00625. The smallest absolute Gasteiger partial charge is 0.230 e. The molecule has 1 aromatic rings. The summed E-state index contributed by atoms with van der Waals surface area (Å²) in [7, 11) is 0. The van der Waals surface area contributed by atoms with Gasteiger partial charge in [0.1, 0.15) is 0 Å². The zero-order chi connectivity index (χ0) is 10.8. The molecule has 0 aromatic carbocycles. The number of nitrogens with zero attached hydrogens (tertiary/aromatic N) is 1. The number of aromatic nitrogens is 1. The molecular weight excluding hydrogens is 214 g/mol. The van der Waals surface area contributed by atoms with Gasteiger partial charge in [-0.05, 0) is 18.6 Å². The fourth-order valence-corrected chi connectivity index (χ4v) is 1.63. The van der Waals surface area contributed by atoms with Gasteiger partial charge in [-0.2, -0.15) is 0 Å². The van der Waals surface area contributed by atoms with Gasteiger partial charge in [0, 0.05) is 19.3 Å². The second kappa shape index (κ2) is 4.16. The number of hydrogen-bond acceptors (Lipinski definition) is 3. The van der Waals surface area contributed by atoms with Crippen LogP contribution in [0.15, 0.2) is 12.3 Å². The van der Waals surface area contributed by atoms with E-state index in [0.29, 0.717) is 10.8 Å². The van der Waals surface area contributed by atoms with Gasteiger partial charge in [0.2, 0.25) is 5.91 Å². The maximum atomic E-state index is 11.7. The Kier molecular flexibility index (Phi) is 2.88. The highest BCUT2D eigenvalue weighted by atomic mass is 35.5. The molecule has 1 fully saturated rings. The molecule has 1 amide bonds. The van der Waals surface area contributed by atoms with Crippen molar-refractivity contribution in [1.82, 2.24) is 10.3 Å². The maximum absolute atomic E-state index is 11.7. The predicted molar refractivity (Wildman–Crippen MR) is 59.0 cm³/mol. The Morgan fingerprint density at radius 2 is 2.40 bits per heavy atom. The topological polar surface area (TPSA) is 54.0 Å². The molecule has 0 aliphatic carbocycles. The lowest BCUT2D eigenvalue weighted by Gasteiger charge is -2.26. The Morgan fingerprint density at radius 3 is 2.93 bits per heavy atom. The number of aryl methyl sites for hydroxylation is 1. The quantitative estimate of drug-likeness (QED) is 0.744. The Hall–Kier alpha value is -1.13. The minimum Gasteiger partial charge on any atom is -0.323 e. The van der Waals surface area contributed by atoms with Crippen molar-refractivity contribution in [2.75, 3.05) is 18.4 Å². The Morgan fingerprint density at radius 1 is 1.67 bits per heavy atom. The van der Waals surface area contributed by atoms with Crippen LogP contribution >= 0.6 is 11.6 Å². The van der Waals surface area contributed by atoms with Crippen LogP contribution in [0.5, 0.6) is 0 Å². The highest BCUT2D eigenvalue weighted by Crippen LogP contribution is 2.23. The van der Waals surface area contributed by atoms with Gasteiger partial charge in [0.05, 0.1) is 11.6 Å². The van der Waals surface area contributed by atoms with Crippen molar-refractivity contribution in [2.45, 2.75) is 6.92 Å². The van der Waals surface area contributed by atoms with Crippen LogP contribution in [-0.2, 0) is 4.79 Å². The van der Waals surface area contributed by atoms with Crippen molar-refractivity contribution in [3.63, 3.8) is 0 Å². The number of rotatable bonds is 2. The Labute approximate surface area is 93.0 Å². The lowest BCUT2D eigenvalue weighted by molar-refractivity contribution is -0.121. The summed E-state index contributed by atoms with van der Waals surface area (Å²) in [5.41, 5.74) is 1.55. The summed E-state index contributed by atoms with van der Waals surface area (Å²) in [5.74, 6) is 0.0624. The first-order valence-electron chi connectivity index (χ1n) is 4.81. The molecule has 1 saturated heterocycles. The van der Waals surface area contributed by atoms with Gasteiger partial charge in [0.25, 0.3) is 0 Å². The largest absolute Gasteiger partial charge is 0.323 e. The molecule has 2 rings (SSSR count). The summed E-state index contributed by atoms with van der Waals surface area (Å²) < 4.78 is 0. The van der Waals surface area contributed by atoms with Gasteiger partial charge in [-0.1, -0.05) is 11.6 Å². The van der Waals surface area contributed by atoms with Crippen LogP contribution in [-0.4, -0.2) is 24.0 Å². The summed E-state index contributed by atoms with van der Waals surface area (Å²) in [6.45, 7) is 3.37. The highest BCUT2D eigenvalue weighted by Gasteiger charge is 2.25. The van der Waals surface area contributed by atoms with Crippen LogP contribution in [0.25, 0.3) is 0 Å². The van der Waals surface area contributed by atoms with Crippen LogP contribution in [0.3, 0.4) is 0 Å². The molecule has 1 aliphatic rings. The van der Waals surface area contributed by atoms with E-state index in [1.165, 1.54) is 0 Å². The van der Waals surface area contributed by atoms with E-state index in [2.05, 4.69) is 15.6 Å². The second-order valence-corrected chi connectivity index (χ2v) is 4.00. The average molecular weight is 226 g/mol. The van der Waals surface area contributed by atoms with E-state index >= 15 is 0 Å². The SMILES string of the molecule is Cc1ccnc(Cl)c1NC(=O)C1CNC1. The summed E-state index contributed by atoms with van der Waals surface area (Å²) >= 11 is 5.90. The van der Waals surface area contributed by atoms with Gasteiger partial charge in [0.15, 0.2) is 5.15 Å². The molecule has 0 bridgehead atoms. The molecule has 0 unspecified atom stereocenters. The zero-order valence-corrected chi connectivity index (χ0v) is 9.14. The third-order valence-electron chi connectivity index (χ3n) is 2.51. The summed E-state index contributed by atoms with van der Waals surface area (Å²) in [6.07, 6.45) is 1.62. The number of hydrogen-bond donors (Lipinski definition) is 2.